The number of nitrogens with one attached hydrogen (secondary N) is 1. The maximum Gasteiger partial charge on any atom is 0.255 e. The van der Waals surface area contributed by atoms with Gasteiger partial charge in [0.1, 0.15) is 11.4 Å². The van der Waals surface area contributed by atoms with Crippen LogP contribution in [-0.2, 0) is 0 Å². The first-order valence-electron chi connectivity index (χ1n) is 7.51. The smallest absolute Gasteiger partial charge is 0.255 e. The zero-order chi connectivity index (χ0) is 16.8. The van der Waals surface area contributed by atoms with E-state index in [1.807, 2.05) is 42.5 Å². The van der Waals surface area contributed by atoms with Crippen molar-refractivity contribution in [1.29, 1.82) is 0 Å². The van der Waals surface area contributed by atoms with Crippen molar-refractivity contribution in [3.63, 3.8) is 0 Å². The zero-order valence-electron chi connectivity index (χ0n) is 12.9. The van der Waals surface area contributed by atoms with Crippen molar-refractivity contribution >= 4 is 23.5 Å². The van der Waals surface area contributed by atoms with Gasteiger partial charge in [0.25, 0.3) is 5.91 Å². The highest BCUT2D eigenvalue weighted by Gasteiger charge is 2.07. The molecule has 24 heavy (non-hydrogen) atoms. The predicted molar refractivity (Wildman–Crippen MR) is 96.2 cm³/mol. The minimum Gasteiger partial charge on any atom is -0.506 e. The van der Waals surface area contributed by atoms with E-state index in [9.17, 15) is 9.90 Å². The number of amides is 1. The molecule has 0 heterocycles. The second kappa shape index (κ2) is 7.24. The molecule has 0 fully saturated rings. The van der Waals surface area contributed by atoms with Crippen molar-refractivity contribution in [2.45, 2.75) is 0 Å². The van der Waals surface area contributed by atoms with E-state index in [1.165, 1.54) is 0 Å². The Balaban J connectivity index is 1.83. The van der Waals surface area contributed by atoms with Crippen LogP contribution in [0.1, 0.15) is 15.9 Å². The normalized spacial score (nSPS) is 10.7. The molecule has 3 aromatic carbocycles. The van der Waals surface area contributed by atoms with E-state index in [0.29, 0.717) is 16.9 Å². The fraction of sp³-hybridized carbons (Fsp3) is 0. The molecule has 0 unspecified atom stereocenters. The Morgan fingerprint density at radius 3 is 2.33 bits per heavy atom. The summed E-state index contributed by atoms with van der Waals surface area (Å²) >= 11 is 0. The highest BCUT2D eigenvalue weighted by molar-refractivity contribution is 6.06. The van der Waals surface area contributed by atoms with Crippen molar-refractivity contribution in [3.05, 3.63) is 90.0 Å². The molecule has 0 saturated heterocycles. The van der Waals surface area contributed by atoms with Gasteiger partial charge in [-0.25, -0.2) is 0 Å². The number of phenols is 1. The summed E-state index contributed by atoms with van der Waals surface area (Å²) in [6.45, 7) is 0. The number of hydrogen-bond donors (Lipinski definition) is 2. The van der Waals surface area contributed by atoms with Crippen LogP contribution >= 0.6 is 0 Å². The number of aliphatic imine (C=N–C) groups is 1. The zero-order valence-corrected chi connectivity index (χ0v) is 12.9. The number of phenolic OH excluding ortho intramolecular Hbond substituents is 1. The molecule has 0 bridgehead atoms. The lowest BCUT2D eigenvalue weighted by Gasteiger charge is -2.08. The summed E-state index contributed by atoms with van der Waals surface area (Å²) in [5.74, 6) is -0.0708. The Morgan fingerprint density at radius 2 is 1.54 bits per heavy atom. The van der Waals surface area contributed by atoms with Gasteiger partial charge in [0.2, 0.25) is 0 Å². The molecule has 4 nitrogen and oxygen atoms in total. The Kier molecular flexibility index (Phi) is 4.68. The fourth-order valence-corrected chi connectivity index (χ4v) is 2.22. The van der Waals surface area contributed by atoms with Gasteiger partial charge >= 0.3 is 0 Å². The molecule has 1 amide bonds. The number of carbonyl (C=O) groups excluding carboxylic acids is 1. The third-order valence-electron chi connectivity index (χ3n) is 3.47. The van der Waals surface area contributed by atoms with Crippen LogP contribution in [0.25, 0.3) is 0 Å². The number of para-hydroxylation sites is 3. The highest BCUT2D eigenvalue weighted by atomic mass is 16.3. The number of rotatable bonds is 4. The summed E-state index contributed by atoms with van der Waals surface area (Å²) in [5.41, 5.74) is 2.47. The summed E-state index contributed by atoms with van der Waals surface area (Å²) in [6, 6.07) is 23.2. The van der Waals surface area contributed by atoms with Crippen molar-refractivity contribution in [3.8, 4) is 5.75 Å². The molecule has 2 N–H and O–H groups in total. The van der Waals surface area contributed by atoms with Crippen LogP contribution in [0.2, 0.25) is 0 Å². The fourth-order valence-electron chi connectivity index (χ4n) is 2.22. The largest absolute Gasteiger partial charge is 0.506 e. The summed E-state index contributed by atoms with van der Waals surface area (Å²) < 4.78 is 0. The van der Waals surface area contributed by atoms with Crippen LogP contribution in [0.3, 0.4) is 0 Å². The van der Waals surface area contributed by atoms with Gasteiger partial charge in [-0.05, 0) is 30.3 Å². The SMILES string of the molecule is O=C(Nc1ccccc1C=Nc1ccccc1O)c1ccccc1. The van der Waals surface area contributed by atoms with Gasteiger partial charge < -0.3 is 10.4 Å². The van der Waals surface area contributed by atoms with Gasteiger partial charge in [0, 0.05) is 23.0 Å². The Bertz CT molecular complexity index is 874. The van der Waals surface area contributed by atoms with Crippen molar-refractivity contribution in [2.75, 3.05) is 5.32 Å². The molecule has 0 aromatic heterocycles. The first-order valence-corrected chi connectivity index (χ1v) is 7.51. The maximum absolute atomic E-state index is 12.3. The van der Waals surface area contributed by atoms with E-state index in [1.54, 1.807) is 42.6 Å². The summed E-state index contributed by atoms with van der Waals surface area (Å²) in [6.07, 6.45) is 1.62. The number of nitrogens with zero attached hydrogens (tertiary/aromatic N) is 1. The van der Waals surface area contributed by atoms with Crippen LogP contribution in [-0.4, -0.2) is 17.2 Å². The highest BCUT2D eigenvalue weighted by Crippen LogP contribution is 2.25. The second-order valence-corrected chi connectivity index (χ2v) is 5.15. The molecule has 0 aliphatic heterocycles. The molecule has 0 aliphatic carbocycles. The summed E-state index contributed by atoms with van der Waals surface area (Å²) in [4.78, 5) is 16.6. The van der Waals surface area contributed by atoms with Gasteiger partial charge in [0.05, 0.1) is 0 Å². The lowest BCUT2D eigenvalue weighted by molar-refractivity contribution is 0.102. The predicted octanol–water partition coefficient (Wildman–Crippen LogP) is 4.40. The van der Waals surface area contributed by atoms with Crippen LogP contribution in [0, 0.1) is 0 Å². The van der Waals surface area contributed by atoms with Crippen LogP contribution in [0.15, 0.2) is 83.9 Å². The molecular weight excluding hydrogens is 300 g/mol. The number of aromatic hydroxyl groups is 1. The standard InChI is InChI=1S/C20H16N2O2/c23-19-13-7-6-12-18(19)21-14-16-10-4-5-11-17(16)22-20(24)15-8-2-1-3-9-15/h1-14,23H,(H,22,24). The van der Waals surface area contributed by atoms with Crippen molar-refractivity contribution in [1.82, 2.24) is 0 Å². The lowest BCUT2D eigenvalue weighted by Crippen LogP contribution is -2.12. The van der Waals surface area contributed by atoms with Gasteiger partial charge in [-0.2, -0.15) is 0 Å². The molecular formula is C20H16N2O2. The Hall–Kier alpha value is -3.40. The average molecular weight is 316 g/mol. The molecule has 0 spiro atoms. The maximum atomic E-state index is 12.3. The van der Waals surface area contributed by atoms with Crippen LogP contribution in [0.4, 0.5) is 11.4 Å². The summed E-state index contributed by atoms with van der Waals surface area (Å²) in [7, 11) is 0. The first kappa shape index (κ1) is 15.5. The van der Waals surface area contributed by atoms with Crippen LogP contribution < -0.4 is 5.32 Å². The molecule has 3 rings (SSSR count). The van der Waals surface area contributed by atoms with Gasteiger partial charge in [-0.1, -0.05) is 48.5 Å². The topological polar surface area (TPSA) is 61.7 Å². The van der Waals surface area contributed by atoms with Gasteiger partial charge in [-0.3, -0.25) is 9.79 Å². The molecule has 0 radical (unpaired) electrons. The van der Waals surface area contributed by atoms with Crippen molar-refractivity contribution in [2.24, 2.45) is 4.99 Å². The molecule has 0 saturated carbocycles. The third-order valence-corrected chi connectivity index (χ3v) is 3.47. The Morgan fingerprint density at radius 1 is 0.875 bits per heavy atom. The lowest BCUT2D eigenvalue weighted by atomic mass is 10.1. The monoisotopic (exact) mass is 316 g/mol. The number of benzene rings is 3. The minimum absolute atomic E-state index is 0.111. The van der Waals surface area contributed by atoms with Crippen molar-refractivity contribution < 1.29 is 9.90 Å². The number of carbonyl (C=O) groups is 1. The molecule has 0 atom stereocenters. The quantitative estimate of drug-likeness (QED) is 0.701. The third kappa shape index (κ3) is 3.67. The number of hydrogen-bond acceptors (Lipinski definition) is 3. The number of anilines is 1. The summed E-state index contributed by atoms with van der Waals surface area (Å²) in [5, 5.41) is 12.7. The first-order chi connectivity index (χ1) is 11.7. The molecule has 4 heteroatoms. The van der Waals surface area contributed by atoms with Crippen LogP contribution in [0.5, 0.6) is 5.75 Å². The minimum atomic E-state index is -0.181. The Labute approximate surface area is 140 Å². The van der Waals surface area contributed by atoms with Gasteiger partial charge in [-0.15, -0.1) is 0 Å². The van der Waals surface area contributed by atoms with E-state index in [-0.39, 0.29) is 11.7 Å². The van der Waals surface area contributed by atoms with Gasteiger partial charge in [0.15, 0.2) is 0 Å². The van der Waals surface area contributed by atoms with E-state index in [2.05, 4.69) is 10.3 Å². The van der Waals surface area contributed by atoms with E-state index < -0.39 is 0 Å². The molecule has 0 aliphatic rings. The van der Waals surface area contributed by atoms with E-state index in [0.717, 1.165) is 5.56 Å². The van der Waals surface area contributed by atoms with E-state index >= 15 is 0 Å². The average Bonchev–Trinajstić information content (AvgIpc) is 2.63. The molecule has 3 aromatic rings. The molecule has 118 valence electrons. The van der Waals surface area contributed by atoms with E-state index in [4.69, 9.17) is 0 Å². The second-order valence-electron chi connectivity index (χ2n) is 5.15.